The van der Waals surface area contributed by atoms with Gasteiger partial charge in [0.2, 0.25) is 0 Å². The quantitative estimate of drug-likeness (QED) is 0.581. The maximum atomic E-state index is 10.5. The Bertz CT molecular complexity index is 138. The highest BCUT2D eigenvalue weighted by molar-refractivity contribution is 7.83. The zero-order chi connectivity index (χ0) is 7.44. The number of rotatable bonds is 2. The van der Waals surface area contributed by atoms with Crippen LogP contribution in [0.1, 0.15) is 20.8 Å². The van der Waals surface area contributed by atoms with Crippen LogP contribution in [0.15, 0.2) is 11.6 Å². The smallest absolute Gasteiger partial charge is 0.0955 e. The molecule has 0 radical (unpaired) electrons. The van der Waals surface area contributed by atoms with Crippen molar-refractivity contribution in [2.45, 2.75) is 26.0 Å². The average Bonchev–Trinajstić information content (AvgIpc) is 1.63. The van der Waals surface area contributed by atoms with Crippen molar-refractivity contribution in [1.82, 2.24) is 0 Å². The fourth-order valence-electron chi connectivity index (χ4n) is 0.536. The van der Waals surface area contributed by atoms with Gasteiger partial charge in [0, 0.05) is 0 Å². The minimum absolute atomic E-state index is 0.0185. The predicted molar refractivity (Wildman–Crippen MR) is 41.2 cm³/mol. The highest BCUT2D eigenvalue weighted by atomic mass is 32.2. The van der Waals surface area contributed by atoms with Gasteiger partial charge in [0.25, 0.3) is 0 Å². The average molecular weight is 147 g/mol. The van der Waals surface area contributed by atoms with Gasteiger partial charge >= 0.3 is 0 Å². The Labute approximate surface area is 58.7 Å². The molecule has 54 valence electrons. The van der Waals surface area contributed by atoms with E-state index in [1.165, 1.54) is 0 Å². The molecule has 3 heteroatoms. The van der Waals surface area contributed by atoms with E-state index in [0.717, 1.165) is 5.57 Å². The molecule has 2 nitrogen and oxygen atoms in total. The molecule has 0 bridgehead atoms. The van der Waals surface area contributed by atoms with Gasteiger partial charge in [-0.1, -0.05) is 11.6 Å². The molecule has 0 aromatic heterocycles. The van der Waals surface area contributed by atoms with Crippen molar-refractivity contribution in [2.24, 2.45) is 5.14 Å². The lowest BCUT2D eigenvalue weighted by Gasteiger charge is -1.99. The summed E-state index contributed by atoms with van der Waals surface area (Å²) in [6, 6.07) is 0. The molecule has 2 atom stereocenters. The maximum absolute atomic E-state index is 10.5. The van der Waals surface area contributed by atoms with Gasteiger partial charge in [0.05, 0.1) is 16.2 Å². The Morgan fingerprint density at radius 2 is 2.11 bits per heavy atom. The van der Waals surface area contributed by atoms with Crippen molar-refractivity contribution in [1.29, 1.82) is 0 Å². The summed E-state index contributed by atoms with van der Waals surface area (Å²) in [7, 11) is -1.21. The van der Waals surface area contributed by atoms with Crippen molar-refractivity contribution in [3.63, 3.8) is 0 Å². The highest BCUT2D eigenvalue weighted by Crippen LogP contribution is 1.97. The number of hydrogen-bond donors (Lipinski definition) is 1. The molecular formula is C6H13NOS. The van der Waals surface area contributed by atoms with Crippen molar-refractivity contribution in [3.05, 3.63) is 11.6 Å². The van der Waals surface area contributed by atoms with Gasteiger partial charge in [-0.25, -0.2) is 4.21 Å². The Kier molecular flexibility index (Phi) is 3.73. The topological polar surface area (TPSA) is 43.1 Å². The van der Waals surface area contributed by atoms with Crippen molar-refractivity contribution >= 4 is 11.0 Å². The first kappa shape index (κ1) is 8.85. The van der Waals surface area contributed by atoms with E-state index in [1.54, 1.807) is 0 Å². The van der Waals surface area contributed by atoms with E-state index in [4.69, 9.17) is 5.14 Å². The zero-order valence-electron chi connectivity index (χ0n) is 6.05. The fourth-order valence-corrected chi connectivity index (χ4v) is 0.943. The summed E-state index contributed by atoms with van der Waals surface area (Å²) in [5, 5.41) is 5.09. The highest BCUT2D eigenvalue weighted by Gasteiger charge is 2.00. The number of allylic oxidation sites excluding steroid dienone is 1. The molecule has 0 saturated heterocycles. The van der Waals surface area contributed by atoms with Gasteiger partial charge in [0.15, 0.2) is 0 Å². The largest absolute Gasteiger partial charge is 0.251 e. The predicted octanol–water partition coefficient (Wildman–Crippen LogP) is 0.964. The Morgan fingerprint density at radius 1 is 1.67 bits per heavy atom. The van der Waals surface area contributed by atoms with E-state index in [1.807, 2.05) is 26.8 Å². The summed E-state index contributed by atoms with van der Waals surface area (Å²) >= 11 is 0. The van der Waals surface area contributed by atoms with E-state index in [9.17, 15) is 4.21 Å². The first-order valence-corrected chi connectivity index (χ1v) is 4.11. The first-order valence-electron chi connectivity index (χ1n) is 2.84. The third-order valence-electron chi connectivity index (χ3n) is 0.934. The van der Waals surface area contributed by atoms with Crippen LogP contribution in [-0.4, -0.2) is 9.46 Å². The second kappa shape index (κ2) is 3.80. The van der Waals surface area contributed by atoms with E-state index in [0.29, 0.717) is 0 Å². The van der Waals surface area contributed by atoms with Crippen LogP contribution in [0.5, 0.6) is 0 Å². The third kappa shape index (κ3) is 4.36. The monoisotopic (exact) mass is 147 g/mol. The minimum atomic E-state index is -1.21. The van der Waals surface area contributed by atoms with Crippen LogP contribution >= 0.6 is 0 Å². The number of nitrogens with two attached hydrogens (primary N) is 1. The van der Waals surface area contributed by atoms with Crippen molar-refractivity contribution in [3.8, 4) is 0 Å². The summed E-state index contributed by atoms with van der Waals surface area (Å²) < 4.78 is 10.5. The molecule has 2 N–H and O–H groups in total. The standard InChI is InChI=1S/C6H13NOS/c1-5(2)4-6(3)9(7)8/h4,6H,7H2,1-3H3. The molecule has 0 aliphatic heterocycles. The van der Waals surface area contributed by atoms with Crippen LogP contribution in [0, 0.1) is 0 Å². The summed E-state index contributed by atoms with van der Waals surface area (Å²) in [6.07, 6.45) is 1.90. The third-order valence-corrected chi connectivity index (χ3v) is 1.80. The summed E-state index contributed by atoms with van der Waals surface area (Å²) in [6.45, 7) is 5.76. The summed E-state index contributed by atoms with van der Waals surface area (Å²) in [5.74, 6) is 0. The Balaban J connectivity index is 3.91. The molecular weight excluding hydrogens is 134 g/mol. The normalized spacial score (nSPS) is 16.4. The molecule has 0 aliphatic carbocycles. The molecule has 0 aromatic rings. The Morgan fingerprint density at radius 3 is 2.22 bits per heavy atom. The molecule has 0 saturated carbocycles. The van der Waals surface area contributed by atoms with E-state index < -0.39 is 11.0 Å². The van der Waals surface area contributed by atoms with Crippen LogP contribution in [0.4, 0.5) is 0 Å². The molecule has 0 heterocycles. The van der Waals surface area contributed by atoms with E-state index in [-0.39, 0.29) is 5.25 Å². The molecule has 9 heavy (non-hydrogen) atoms. The van der Waals surface area contributed by atoms with E-state index >= 15 is 0 Å². The second-order valence-electron chi connectivity index (χ2n) is 2.28. The van der Waals surface area contributed by atoms with Gasteiger partial charge < -0.3 is 0 Å². The van der Waals surface area contributed by atoms with E-state index in [2.05, 4.69) is 0 Å². The van der Waals surface area contributed by atoms with Gasteiger partial charge in [0.1, 0.15) is 0 Å². The summed E-state index contributed by atoms with van der Waals surface area (Å²) in [4.78, 5) is 0. The lowest BCUT2D eigenvalue weighted by molar-refractivity contribution is 0.681. The SMILES string of the molecule is CC(C)=CC(C)S(N)=O. The molecule has 0 spiro atoms. The van der Waals surface area contributed by atoms with Gasteiger partial charge in [-0.3, -0.25) is 5.14 Å². The molecule has 0 aromatic carbocycles. The molecule has 0 aliphatic rings. The van der Waals surface area contributed by atoms with Crippen LogP contribution in [0.25, 0.3) is 0 Å². The molecule has 2 unspecified atom stereocenters. The molecule has 0 fully saturated rings. The number of hydrogen-bond acceptors (Lipinski definition) is 1. The van der Waals surface area contributed by atoms with Gasteiger partial charge in [-0.05, 0) is 20.8 Å². The zero-order valence-corrected chi connectivity index (χ0v) is 6.87. The van der Waals surface area contributed by atoms with Crippen LogP contribution in [0.3, 0.4) is 0 Å². The molecule has 0 amide bonds. The lowest BCUT2D eigenvalue weighted by atomic mass is 10.3. The second-order valence-corrected chi connectivity index (χ2v) is 3.68. The lowest BCUT2D eigenvalue weighted by Crippen LogP contribution is -2.15. The van der Waals surface area contributed by atoms with Crippen LogP contribution in [-0.2, 0) is 11.0 Å². The van der Waals surface area contributed by atoms with Crippen molar-refractivity contribution in [2.75, 3.05) is 0 Å². The fraction of sp³-hybridized carbons (Fsp3) is 0.667. The molecule has 0 rings (SSSR count). The van der Waals surface area contributed by atoms with Gasteiger partial charge in [-0.15, -0.1) is 0 Å². The first-order chi connectivity index (χ1) is 4.04. The minimum Gasteiger partial charge on any atom is -0.251 e. The van der Waals surface area contributed by atoms with Crippen LogP contribution in [0.2, 0.25) is 0 Å². The summed E-state index contributed by atoms with van der Waals surface area (Å²) in [5.41, 5.74) is 1.15. The Hall–Kier alpha value is -0.150. The van der Waals surface area contributed by atoms with Crippen molar-refractivity contribution < 1.29 is 4.21 Å². The van der Waals surface area contributed by atoms with Crippen LogP contribution < -0.4 is 5.14 Å². The van der Waals surface area contributed by atoms with Gasteiger partial charge in [-0.2, -0.15) is 0 Å². The maximum Gasteiger partial charge on any atom is 0.0955 e.